The molecule has 0 aliphatic carbocycles. The van der Waals surface area contributed by atoms with Gasteiger partial charge in [0.1, 0.15) is 17.3 Å². The lowest BCUT2D eigenvalue weighted by atomic mass is 9.81. The third-order valence-electron chi connectivity index (χ3n) is 6.28. The van der Waals surface area contributed by atoms with Crippen LogP contribution in [0.4, 0.5) is 0 Å². The zero-order valence-electron chi connectivity index (χ0n) is 18.2. The largest absolute Gasteiger partial charge is 0.456 e. The molecule has 1 spiro atoms. The van der Waals surface area contributed by atoms with E-state index in [-0.39, 0.29) is 23.3 Å². The molecule has 0 radical (unpaired) electrons. The Morgan fingerprint density at radius 2 is 1.70 bits per heavy atom. The van der Waals surface area contributed by atoms with Gasteiger partial charge in [0.15, 0.2) is 0 Å². The van der Waals surface area contributed by atoms with Gasteiger partial charge in [-0.05, 0) is 46.7 Å². The highest BCUT2D eigenvalue weighted by Crippen LogP contribution is 2.32. The Morgan fingerprint density at radius 1 is 1.07 bits per heavy atom. The van der Waals surface area contributed by atoms with Crippen LogP contribution in [0.1, 0.15) is 47.0 Å². The summed E-state index contributed by atoms with van der Waals surface area (Å²) in [6, 6.07) is 0. The Hall–Kier alpha value is -0.980. The van der Waals surface area contributed by atoms with Gasteiger partial charge in [0, 0.05) is 45.6 Å². The summed E-state index contributed by atoms with van der Waals surface area (Å²) in [7, 11) is 5.85. The van der Waals surface area contributed by atoms with Crippen LogP contribution in [-0.2, 0) is 19.1 Å². The molecule has 2 fully saturated rings. The summed E-state index contributed by atoms with van der Waals surface area (Å²) >= 11 is 0. The van der Waals surface area contributed by atoms with Gasteiger partial charge in [-0.3, -0.25) is 9.59 Å². The first-order chi connectivity index (χ1) is 12.5. The van der Waals surface area contributed by atoms with Gasteiger partial charge in [-0.1, -0.05) is 13.8 Å². The van der Waals surface area contributed by atoms with Crippen LogP contribution in [0.5, 0.6) is 0 Å². The summed E-state index contributed by atoms with van der Waals surface area (Å²) in [4.78, 5) is 30.2. The number of ether oxygens (including phenoxy) is 2. The molecule has 5 unspecified atom stereocenters. The SMILES string of the molecule is COC1(C)CC(C)CN(C)CC2(CCN(C)C2)OC(=O)C(C)C(=O)C(C)C1. The smallest absolute Gasteiger partial charge is 0.316 e. The van der Waals surface area contributed by atoms with Gasteiger partial charge in [-0.15, -0.1) is 0 Å². The summed E-state index contributed by atoms with van der Waals surface area (Å²) in [5, 5.41) is 0. The maximum absolute atomic E-state index is 12.9. The zero-order valence-corrected chi connectivity index (χ0v) is 18.2. The molecule has 0 amide bonds. The average Bonchev–Trinajstić information content (AvgIpc) is 2.92. The van der Waals surface area contributed by atoms with Crippen molar-refractivity contribution < 1.29 is 19.1 Å². The molecular weight excluding hydrogens is 344 g/mol. The number of likely N-dealkylation sites (N-methyl/N-ethyl adjacent to an activating group) is 2. The lowest BCUT2D eigenvalue weighted by molar-refractivity contribution is -0.167. The fraction of sp³-hybridized carbons (Fsp3) is 0.905. The van der Waals surface area contributed by atoms with Crippen molar-refractivity contribution in [1.82, 2.24) is 9.80 Å². The van der Waals surface area contributed by atoms with Crippen LogP contribution in [0, 0.1) is 17.8 Å². The van der Waals surface area contributed by atoms with Crippen molar-refractivity contribution in [1.29, 1.82) is 0 Å². The number of hydrogen-bond donors (Lipinski definition) is 0. The van der Waals surface area contributed by atoms with Gasteiger partial charge in [0.05, 0.1) is 5.60 Å². The van der Waals surface area contributed by atoms with Gasteiger partial charge in [0.25, 0.3) is 0 Å². The van der Waals surface area contributed by atoms with E-state index in [9.17, 15) is 9.59 Å². The van der Waals surface area contributed by atoms with E-state index in [1.54, 1.807) is 14.0 Å². The highest BCUT2D eigenvalue weighted by Gasteiger charge is 2.44. The van der Waals surface area contributed by atoms with Crippen LogP contribution in [0.3, 0.4) is 0 Å². The first-order valence-corrected chi connectivity index (χ1v) is 10.2. The van der Waals surface area contributed by atoms with E-state index in [2.05, 4.69) is 30.7 Å². The first kappa shape index (κ1) is 22.3. The molecule has 6 nitrogen and oxygen atoms in total. The molecule has 0 bridgehead atoms. The summed E-state index contributed by atoms with van der Waals surface area (Å²) in [5.41, 5.74) is -0.908. The molecule has 2 heterocycles. The van der Waals surface area contributed by atoms with Gasteiger partial charge < -0.3 is 19.3 Å². The maximum atomic E-state index is 12.9. The van der Waals surface area contributed by atoms with Crippen molar-refractivity contribution >= 4 is 11.8 Å². The van der Waals surface area contributed by atoms with Crippen LogP contribution in [0.2, 0.25) is 0 Å². The zero-order chi connectivity index (χ0) is 20.4. The van der Waals surface area contributed by atoms with Crippen molar-refractivity contribution in [2.75, 3.05) is 47.4 Å². The lowest BCUT2D eigenvalue weighted by Gasteiger charge is -2.36. The number of likely N-dealkylation sites (tertiary alicyclic amines) is 1. The Labute approximate surface area is 164 Å². The molecule has 0 saturated carbocycles. The molecule has 0 aromatic rings. The van der Waals surface area contributed by atoms with Crippen molar-refractivity contribution in [3.63, 3.8) is 0 Å². The lowest BCUT2D eigenvalue weighted by Crippen LogP contribution is -2.49. The van der Waals surface area contributed by atoms with Crippen LogP contribution >= 0.6 is 0 Å². The maximum Gasteiger partial charge on any atom is 0.316 e. The molecular formula is C21H38N2O4. The number of nitrogens with zero attached hydrogens (tertiary/aromatic N) is 2. The molecule has 2 aliphatic rings. The van der Waals surface area contributed by atoms with Crippen LogP contribution in [0.15, 0.2) is 0 Å². The second-order valence-corrected chi connectivity index (χ2v) is 9.48. The summed E-state index contributed by atoms with van der Waals surface area (Å²) in [6.45, 7) is 11.1. The molecule has 5 atom stereocenters. The average molecular weight is 383 g/mol. The van der Waals surface area contributed by atoms with E-state index in [0.717, 1.165) is 25.9 Å². The van der Waals surface area contributed by atoms with Gasteiger partial charge >= 0.3 is 5.97 Å². The molecule has 6 heteroatoms. The molecule has 2 aliphatic heterocycles. The third-order valence-corrected chi connectivity index (χ3v) is 6.28. The molecule has 0 aromatic heterocycles. The minimum absolute atomic E-state index is 0.0509. The monoisotopic (exact) mass is 382 g/mol. The normalized spacial score (nSPS) is 41.1. The van der Waals surface area contributed by atoms with Crippen molar-refractivity contribution in [3.05, 3.63) is 0 Å². The molecule has 0 aromatic carbocycles. The van der Waals surface area contributed by atoms with Crippen LogP contribution in [-0.4, -0.2) is 80.1 Å². The van der Waals surface area contributed by atoms with Crippen LogP contribution in [0.25, 0.3) is 0 Å². The van der Waals surface area contributed by atoms with Crippen molar-refractivity contribution in [3.8, 4) is 0 Å². The topological polar surface area (TPSA) is 59.1 Å². The Balaban J connectivity index is 2.31. The predicted octanol–water partition coefficient (Wildman–Crippen LogP) is 2.21. The van der Waals surface area contributed by atoms with Crippen LogP contribution < -0.4 is 0 Å². The first-order valence-electron chi connectivity index (χ1n) is 10.2. The third kappa shape index (κ3) is 5.52. The van der Waals surface area contributed by atoms with E-state index in [4.69, 9.17) is 9.47 Å². The molecule has 0 N–H and O–H groups in total. The number of esters is 1. The van der Waals surface area contributed by atoms with Crippen molar-refractivity contribution in [2.24, 2.45) is 17.8 Å². The molecule has 2 rings (SSSR count). The quantitative estimate of drug-likeness (QED) is 0.512. The number of Topliss-reactive ketones (excluding diaryl/α,β-unsaturated/α-hetero) is 1. The van der Waals surface area contributed by atoms with E-state index in [1.165, 1.54) is 0 Å². The standard InChI is InChI=1S/C21H38N2O4/c1-15-10-20(4,26-7)11-16(2)18(24)17(3)19(25)27-21(14-23(6)12-15)8-9-22(5)13-21/h15-17H,8-14H2,1-7H3. The van der Waals surface area contributed by atoms with E-state index in [1.807, 2.05) is 14.0 Å². The number of carbonyl (C=O) groups excluding carboxylic acids is 2. The number of carbonyl (C=O) groups is 2. The molecule has 27 heavy (non-hydrogen) atoms. The summed E-state index contributed by atoms with van der Waals surface area (Å²) in [6.07, 6.45) is 2.30. The number of rotatable bonds is 1. The minimum Gasteiger partial charge on any atom is -0.456 e. The minimum atomic E-state index is -0.743. The fourth-order valence-corrected chi connectivity index (χ4v) is 5.02. The van der Waals surface area contributed by atoms with Gasteiger partial charge in [-0.2, -0.15) is 0 Å². The number of ketones is 1. The van der Waals surface area contributed by atoms with E-state index < -0.39 is 11.5 Å². The highest BCUT2D eigenvalue weighted by atomic mass is 16.6. The van der Waals surface area contributed by atoms with Gasteiger partial charge in [0.2, 0.25) is 0 Å². The summed E-state index contributed by atoms with van der Waals surface area (Å²) < 4.78 is 11.8. The Bertz CT molecular complexity index is 554. The Morgan fingerprint density at radius 3 is 2.26 bits per heavy atom. The fourth-order valence-electron chi connectivity index (χ4n) is 5.02. The molecule has 156 valence electrons. The van der Waals surface area contributed by atoms with E-state index in [0.29, 0.717) is 25.4 Å². The second kappa shape index (κ2) is 8.58. The predicted molar refractivity (Wildman–Crippen MR) is 106 cm³/mol. The van der Waals surface area contributed by atoms with Gasteiger partial charge in [-0.25, -0.2) is 0 Å². The number of methoxy groups -OCH3 is 1. The number of hydrogen-bond acceptors (Lipinski definition) is 6. The summed E-state index contributed by atoms with van der Waals surface area (Å²) in [5.74, 6) is -1.02. The highest BCUT2D eigenvalue weighted by molar-refractivity contribution is 5.99. The second-order valence-electron chi connectivity index (χ2n) is 9.48. The Kier molecular flexibility index (Phi) is 7.09. The van der Waals surface area contributed by atoms with E-state index >= 15 is 0 Å². The molecule has 2 saturated heterocycles. The van der Waals surface area contributed by atoms with Crippen molar-refractivity contribution in [2.45, 2.75) is 58.2 Å².